The molecule has 2 aliphatic heterocycles. The maximum absolute atomic E-state index is 6.41. The quantitative estimate of drug-likeness (QED) is 0.142. The third-order valence-corrected chi connectivity index (χ3v) is 7.68. The normalized spacial score (nSPS) is 12.4. The molecule has 10 heteroatoms. The van der Waals surface area contributed by atoms with Crippen molar-refractivity contribution in [2.45, 2.75) is 25.7 Å². The van der Waals surface area contributed by atoms with E-state index in [-0.39, 0.29) is 27.2 Å². The van der Waals surface area contributed by atoms with E-state index in [4.69, 9.17) is 47.4 Å². The number of hydrogen-bond donors (Lipinski definition) is 0. The SMILES string of the molecule is COCOc1ccc2c(c1)CCc1cc(OCOC)c(OCOC)c(c1)Oc1ccc(cc1)CCc1cc(OC)c(OCOC)cc1-2. The first-order valence-corrected chi connectivity index (χ1v) is 15.3. The fraction of sp³-hybridized carbons (Fsp3) is 0.351. The Morgan fingerprint density at radius 2 is 1.15 bits per heavy atom. The monoisotopic (exact) mass is 646 g/mol. The molecule has 0 saturated heterocycles. The summed E-state index contributed by atoms with van der Waals surface area (Å²) >= 11 is 0. The van der Waals surface area contributed by atoms with Crippen LogP contribution in [0.2, 0.25) is 0 Å². The van der Waals surface area contributed by atoms with Crippen LogP contribution < -0.4 is 28.4 Å². The number of methoxy groups -OCH3 is 5. The van der Waals surface area contributed by atoms with Crippen molar-refractivity contribution >= 4 is 0 Å². The van der Waals surface area contributed by atoms with Gasteiger partial charge in [0, 0.05) is 28.4 Å². The van der Waals surface area contributed by atoms with Crippen LogP contribution in [0.15, 0.2) is 66.7 Å². The van der Waals surface area contributed by atoms with Gasteiger partial charge in [0.1, 0.15) is 11.5 Å². The van der Waals surface area contributed by atoms with Crippen LogP contribution in [0, 0.1) is 0 Å². The molecule has 4 aromatic rings. The molecule has 4 aromatic carbocycles. The predicted octanol–water partition coefficient (Wildman–Crippen LogP) is 6.97. The van der Waals surface area contributed by atoms with Gasteiger partial charge in [-0.2, -0.15) is 0 Å². The first-order chi connectivity index (χ1) is 23.1. The van der Waals surface area contributed by atoms with E-state index in [0.717, 1.165) is 46.2 Å². The number of ether oxygens (including phenoxy) is 10. The summed E-state index contributed by atoms with van der Waals surface area (Å²) in [5.41, 5.74) is 6.46. The Morgan fingerprint density at radius 3 is 1.85 bits per heavy atom. The molecule has 0 fully saturated rings. The lowest BCUT2D eigenvalue weighted by Crippen LogP contribution is -2.07. The van der Waals surface area contributed by atoms with E-state index in [9.17, 15) is 0 Å². The number of fused-ring (bicyclic) bond motifs is 4. The molecule has 0 N–H and O–H groups in total. The molecular formula is C37H42O10. The van der Waals surface area contributed by atoms with Gasteiger partial charge in [0.15, 0.2) is 50.2 Å². The van der Waals surface area contributed by atoms with Crippen molar-refractivity contribution in [1.82, 2.24) is 0 Å². The molecule has 6 rings (SSSR count). The van der Waals surface area contributed by atoms with E-state index in [1.165, 1.54) is 0 Å². The molecule has 0 radical (unpaired) electrons. The second-order valence-corrected chi connectivity index (χ2v) is 10.8. The minimum Gasteiger partial charge on any atom is -0.493 e. The van der Waals surface area contributed by atoms with Gasteiger partial charge in [-0.05, 0) is 108 Å². The predicted molar refractivity (Wildman–Crippen MR) is 176 cm³/mol. The van der Waals surface area contributed by atoms with E-state index in [0.29, 0.717) is 53.1 Å². The van der Waals surface area contributed by atoms with Crippen LogP contribution >= 0.6 is 0 Å². The van der Waals surface area contributed by atoms with Crippen molar-refractivity contribution in [2.24, 2.45) is 0 Å². The fourth-order valence-electron chi connectivity index (χ4n) is 5.46. The van der Waals surface area contributed by atoms with Gasteiger partial charge < -0.3 is 47.4 Å². The molecule has 2 aliphatic rings. The van der Waals surface area contributed by atoms with Gasteiger partial charge >= 0.3 is 0 Å². The molecule has 2 heterocycles. The molecular weight excluding hydrogens is 604 g/mol. The standard InChI is InChI=1S/C37H42O10/c1-38-21-43-30-14-15-31-27(18-30)11-7-26-16-35(45-23-40-3)37(46-24-41-4)36(17-26)47-29-12-8-25(9-13-29)6-10-28-19-33(42-5)34(20-32(28)31)44-22-39-2/h8-9,12-20H,6-7,10-11,21-24H2,1-5H3. The molecule has 47 heavy (non-hydrogen) atoms. The minimum absolute atomic E-state index is 0.0237. The summed E-state index contributed by atoms with van der Waals surface area (Å²) in [6.07, 6.45) is 2.90. The van der Waals surface area contributed by atoms with Crippen LogP contribution in [0.1, 0.15) is 22.3 Å². The number of aryl methyl sites for hydroxylation is 4. The fourth-order valence-corrected chi connectivity index (χ4v) is 5.46. The molecule has 0 aromatic heterocycles. The van der Waals surface area contributed by atoms with Crippen LogP contribution in [-0.2, 0) is 44.6 Å². The van der Waals surface area contributed by atoms with E-state index < -0.39 is 0 Å². The summed E-state index contributed by atoms with van der Waals surface area (Å²) in [6.45, 7) is 0.303. The van der Waals surface area contributed by atoms with Gasteiger partial charge in [-0.3, -0.25) is 0 Å². The van der Waals surface area contributed by atoms with Gasteiger partial charge in [-0.15, -0.1) is 0 Å². The third-order valence-electron chi connectivity index (χ3n) is 7.68. The molecule has 0 saturated carbocycles. The lowest BCUT2D eigenvalue weighted by atomic mass is 9.89. The van der Waals surface area contributed by atoms with E-state index in [1.54, 1.807) is 35.5 Å². The van der Waals surface area contributed by atoms with Gasteiger partial charge in [0.2, 0.25) is 5.75 Å². The number of hydrogen-bond acceptors (Lipinski definition) is 10. The zero-order chi connectivity index (χ0) is 33.0. The highest BCUT2D eigenvalue weighted by Crippen LogP contribution is 2.43. The zero-order valence-electron chi connectivity index (χ0n) is 27.6. The van der Waals surface area contributed by atoms with Crippen LogP contribution in [-0.4, -0.2) is 62.7 Å². The number of rotatable bonds is 13. The molecule has 250 valence electrons. The van der Waals surface area contributed by atoms with Crippen molar-refractivity contribution in [3.05, 3.63) is 89.0 Å². The Balaban J connectivity index is 1.67. The van der Waals surface area contributed by atoms with Crippen LogP contribution in [0.3, 0.4) is 0 Å². The summed E-state index contributed by atoms with van der Waals surface area (Å²) in [4.78, 5) is 0. The van der Waals surface area contributed by atoms with Gasteiger partial charge in [0.05, 0.1) is 7.11 Å². The van der Waals surface area contributed by atoms with E-state index >= 15 is 0 Å². The lowest BCUT2D eigenvalue weighted by Gasteiger charge is -2.21. The summed E-state index contributed by atoms with van der Waals surface area (Å²) in [7, 11) is 7.98. The maximum Gasteiger partial charge on any atom is 0.206 e. The molecule has 10 nitrogen and oxygen atoms in total. The van der Waals surface area contributed by atoms with Gasteiger partial charge in [0.25, 0.3) is 0 Å². The van der Waals surface area contributed by atoms with Gasteiger partial charge in [-0.25, -0.2) is 0 Å². The molecule has 0 amide bonds. The van der Waals surface area contributed by atoms with Crippen LogP contribution in [0.4, 0.5) is 0 Å². The number of benzene rings is 4. The van der Waals surface area contributed by atoms with Crippen molar-refractivity contribution in [2.75, 3.05) is 62.7 Å². The summed E-state index contributed by atoms with van der Waals surface area (Å²) in [6, 6.07) is 22.2. The smallest absolute Gasteiger partial charge is 0.206 e. The maximum atomic E-state index is 6.41. The van der Waals surface area contributed by atoms with Crippen molar-refractivity contribution in [1.29, 1.82) is 0 Å². The minimum atomic E-state index is 0.0237. The van der Waals surface area contributed by atoms with Crippen molar-refractivity contribution in [3.63, 3.8) is 0 Å². The second-order valence-electron chi connectivity index (χ2n) is 10.8. The lowest BCUT2D eigenvalue weighted by molar-refractivity contribution is 0.0310. The topological polar surface area (TPSA) is 92.3 Å². The van der Waals surface area contributed by atoms with Crippen molar-refractivity contribution < 1.29 is 47.4 Å². The molecule has 0 spiro atoms. The summed E-state index contributed by atoms with van der Waals surface area (Å²) in [5.74, 6) is 4.06. The highest BCUT2D eigenvalue weighted by Gasteiger charge is 2.20. The largest absolute Gasteiger partial charge is 0.493 e. The highest BCUT2D eigenvalue weighted by molar-refractivity contribution is 5.75. The Labute approximate surface area is 275 Å². The Bertz CT molecular complexity index is 1600. The molecule has 4 bridgehead atoms. The first-order valence-electron chi connectivity index (χ1n) is 15.3. The van der Waals surface area contributed by atoms with Crippen LogP contribution in [0.25, 0.3) is 11.1 Å². The highest BCUT2D eigenvalue weighted by atomic mass is 16.7. The van der Waals surface area contributed by atoms with Gasteiger partial charge in [-0.1, -0.05) is 18.2 Å². The Hall–Kier alpha value is -4.48. The average molecular weight is 647 g/mol. The third kappa shape index (κ3) is 8.66. The molecule has 0 atom stereocenters. The first kappa shape index (κ1) is 33.9. The average Bonchev–Trinajstić information content (AvgIpc) is 3.10. The molecule has 0 unspecified atom stereocenters. The van der Waals surface area contributed by atoms with Crippen LogP contribution in [0.5, 0.6) is 40.2 Å². The Kier molecular flexibility index (Phi) is 12.2. The second kappa shape index (κ2) is 16.9. The Morgan fingerprint density at radius 1 is 0.511 bits per heavy atom. The summed E-state index contributed by atoms with van der Waals surface area (Å²) in [5, 5.41) is 0. The summed E-state index contributed by atoms with van der Waals surface area (Å²) < 4.78 is 56.8. The zero-order valence-corrected chi connectivity index (χ0v) is 27.6. The van der Waals surface area contributed by atoms with E-state index in [2.05, 4.69) is 30.3 Å². The molecule has 0 aliphatic carbocycles. The van der Waals surface area contributed by atoms with E-state index in [1.807, 2.05) is 36.4 Å². The van der Waals surface area contributed by atoms with Crippen molar-refractivity contribution in [3.8, 4) is 51.4 Å².